The average molecular weight is 680 g/mol. The van der Waals surface area contributed by atoms with Crippen LogP contribution in [0.1, 0.15) is 24.5 Å². The lowest BCUT2D eigenvalue weighted by molar-refractivity contribution is -0.137. The van der Waals surface area contributed by atoms with Crippen molar-refractivity contribution in [2.24, 2.45) is 0 Å². The summed E-state index contributed by atoms with van der Waals surface area (Å²) in [7, 11) is 1.69. The number of hydrogen-bond donors (Lipinski definition) is 0. The summed E-state index contributed by atoms with van der Waals surface area (Å²) in [4.78, 5) is 8.82. The second-order valence-electron chi connectivity index (χ2n) is 12.4. The third-order valence-electron chi connectivity index (χ3n) is 9.18. The van der Waals surface area contributed by atoms with Crippen molar-refractivity contribution in [2.45, 2.75) is 34.7 Å². The van der Waals surface area contributed by atoms with E-state index in [0.717, 1.165) is 77.5 Å². The minimum absolute atomic E-state index is 0.426. The predicted molar refractivity (Wildman–Crippen MR) is 188 cm³/mol. The Bertz CT molecular complexity index is 1700. The number of benzene rings is 4. The highest BCUT2D eigenvalue weighted by Gasteiger charge is 2.36. The van der Waals surface area contributed by atoms with Gasteiger partial charge >= 0.3 is 6.18 Å². The van der Waals surface area contributed by atoms with E-state index >= 15 is 0 Å². The highest BCUT2D eigenvalue weighted by Crippen LogP contribution is 2.49. The first-order valence-electron chi connectivity index (χ1n) is 16.0. The zero-order valence-corrected chi connectivity index (χ0v) is 28.4. The molecule has 1 fully saturated rings. The number of halogens is 3. The average Bonchev–Trinajstić information content (AvgIpc) is 3.07. The van der Waals surface area contributed by atoms with Crippen molar-refractivity contribution < 1.29 is 22.6 Å². The minimum atomic E-state index is -4.38. The summed E-state index contributed by atoms with van der Waals surface area (Å²) in [6.07, 6.45) is -3.53. The molecule has 0 bridgehead atoms. The van der Waals surface area contributed by atoms with Crippen LogP contribution in [0.25, 0.3) is 10.8 Å². The van der Waals surface area contributed by atoms with Gasteiger partial charge in [0.1, 0.15) is 6.61 Å². The molecule has 2 heterocycles. The Kier molecular flexibility index (Phi) is 10.4. The number of rotatable bonds is 11. The molecule has 5 nitrogen and oxygen atoms in total. The lowest BCUT2D eigenvalue weighted by Gasteiger charge is -2.36. The molecular formula is C37H40F3N3O2S2. The molecule has 1 saturated heterocycles. The van der Waals surface area contributed by atoms with Crippen molar-refractivity contribution in [2.75, 3.05) is 71.0 Å². The molecule has 2 aliphatic rings. The highest BCUT2D eigenvalue weighted by atomic mass is 32.2. The maximum absolute atomic E-state index is 13.6. The summed E-state index contributed by atoms with van der Waals surface area (Å²) in [5, 5.41) is 2.85. The van der Waals surface area contributed by atoms with E-state index in [1.54, 1.807) is 13.2 Å². The molecule has 0 saturated carbocycles. The van der Waals surface area contributed by atoms with Crippen LogP contribution in [-0.4, -0.2) is 81.0 Å². The number of alkyl halides is 3. The van der Waals surface area contributed by atoms with E-state index in [9.17, 15) is 13.2 Å². The fraction of sp³-hybridized carbons (Fsp3) is 0.378. The second kappa shape index (κ2) is 14.5. The van der Waals surface area contributed by atoms with Gasteiger partial charge < -0.3 is 19.3 Å². The van der Waals surface area contributed by atoms with Gasteiger partial charge in [-0.1, -0.05) is 66.4 Å². The van der Waals surface area contributed by atoms with E-state index in [-0.39, 0.29) is 0 Å². The molecule has 0 aromatic heterocycles. The summed E-state index contributed by atoms with van der Waals surface area (Å²) in [6.45, 7) is 9.06. The largest absolute Gasteiger partial charge is 0.485 e. The van der Waals surface area contributed by atoms with E-state index in [2.05, 4.69) is 52.0 Å². The molecule has 10 heteroatoms. The molecule has 0 N–H and O–H groups in total. The lowest BCUT2D eigenvalue weighted by atomic mass is 9.81. The van der Waals surface area contributed by atoms with Crippen molar-refractivity contribution in [3.8, 4) is 0 Å². The third kappa shape index (κ3) is 7.47. The molecular weight excluding hydrogens is 640 g/mol. The van der Waals surface area contributed by atoms with Crippen LogP contribution < -0.4 is 4.90 Å². The molecule has 0 aliphatic carbocycles. The predicted octanol–water partition coefficient (Wildman–Crippen LogP) is 8.42. The minimum Gasteiger partial charge on any atom is -0.485 e. The van der Waals surface area contributed by atoms with Gasteiger partial charge in [0.15, 0.2) is 5.05 Å². The van der Waals surface area contributed by atoms with Crippen LogP contribution >= 0.6 is 24.0 Å². The molecule has 1 atom stereocenters. The number of para-hydroxylation sites is 1. The fourth-order valence-corrected chi connectivity index (χ4v) is 7.93. The van der Waals surface area contributed by atoms with Gasteiger partial charge in [-0.3, -0.25) is 4.90 Å². The van der Waals surface area contributed by atoms with Gasteiger partial charge in [0.05, 0.1) is 29.0 Å². The Morgan fingerprint density at radius 2 is 1.49 bits per heavy atom. The number of methoxy groups -OCH3 is 1. The van der Waals surface area contributed by atoms with Gasteiger partial charge in [-0.15, -0.1) is 0 Å². The Balaban J connectivity index is 1.00. The highest BCUT2D eigenvalue weighted by molar-refractivity contribution is 7.99. The Morgan fingerprint density at radius 3 is 2.26 bits per heavy atom. The SMILES string of the molecule is COCC(C)(C(=S)OCCN1CCN(CCCN2c3ccccc3Sc3ccc(C(F)(F)F)cc32)CC1)c1cccc2ccccc12. The molecule has 4 aromatic rings. The summed E-state index contributed by atoms with van der Waals surface area (Å²) < 4.78 is 52.6. The molecule has 4 aromatic carbocycles. The van der Waals surface area contributed by atoms with Crippen molar-refractivity contribution in [1.29, 1.82) is 0 Å². The first kappa shape index (κ1) is 33.7. The quantitative estimate of drug-likeness (QED) is 0.147. The van der Waals surface area contributed by atoms with Crippen molar-refractivity contribution in [3.05, 3.63) is 96.1 Å². The molecule has 2 aliphatic heterocycles. The van der Waals surface area contributed by atoms with Gasteiger partial charge in [0.25, 0.3) is 0 Å². The number of anilines is 2. The van der Waals surface area contributed by atoms with Gasteiger partial charge in [-0.05, 0) is 78.8 Å². The normalized spacial score (nSPS) is 16.8. The topological polar surface area (TPSA) is 28.2 Å². The molecule has 0 radical (unpaired) electrons. The first-order chi connectivity index (χ1) is 22.7. The second-order valence-corrected chi connectivity index (χ2v) is 13.8. The van der Waals surface area contributed by atoms with Gasteiger partial charge in [-0.2, -0.15) is 13.2 Å². The number of thiocarbonyl (C=S) groups is 1. The molecule has 6 rings (SSSR count). The van der Waals surface area contributed by atoms with Gasteiger partial charge in [-0.25, -0.2) is 0 Å². The van der Waals surface area contributed by atoms with Crippen molar-refractivity contribution in [3.63, 3.8) is 0 Å². The van der Waals surface area contributed by atoms with Gasteiger partial charge in [0.2, 0.25) is 0 Å². The number of fused-ring (bicyclic) bond motifs is 3. The van der Waals surface area contributed by atoms with Crippen LogP contribution in [0.5, 0.6) is 0 Å². The van der Waals surface area contributed by atoms with E-state index in [0.29, 0.717) is 30.5 Å². The fourth-order valence-electron chi connectivity index (χ4n) is 6.60. The van der Waals surface area contributed by atoms with Gasteiger partial charge in [0, 0.05) is 56.2 Å². The first-order valence-corrected chi connectivity index (χ1v) is 17.2. The summed E-state index contributed by atoms with van der Waals surface area (Å²) in [5.74, 6) is 0. The molecule has 248 valence electrons. The Labute approximate surface area is 284 Å². The number of hydrogen-bond acceptors (Lipinski definition) is 7. The maximum atomic E-state index is 13.6. The van der Waals surface area contributed by atoms with Crippen molar-refractivity contribution >= 4 is 51.2 Å². The van der Waals surface area contributed by atoms with Crippen molar-refractivity contribution in [1.82, 2.24) is 9.80 Å². The van der Waals surface area contributed by atoms with Crippen LogP contribution in [0.4, 0.5) is 24.5 Å². The zero-order chi connectivity index (χ0) is 33.0. The van der Waals surface area contributed by atoms with Crippen LogP contribution in [0.2, 0.25) is 0 Å². The summed E-state index contributed by atoms with van der Waals surface area (Å²) in [6, 6.07) is 26.6. The van der Waals surface area contributed by atoms with E-state index < -0.39 is 17.2 Å². The van der Waals surface area contributed by atoms with E-state index in [4.69, 9.17) is 21.7 Å². The van der Waals surface area contributed by atoms with E-state index in [1.807, 2.05) is 36.4 Å². The monoisotopic (exact) mass is 679 g/mol. The summed E-state index contributed by atoms with van der Waals surface area (Å²) in [5.41, 5.74) is 1.53. The summed E-state index contributed by atoms with van der Waals surface area (Å²) >= 11 is 7.40. The number of ether oxygens (including phenoxy) is 2. The van der Waals surface area contributed by atoms with Crippen LogP contribution in [-0.2, 0) is 21.1 Å². The zero-order valence-electron chi connectivity index (χ0n) is 26.8. The Morgan fingerprint density at radius 1 is 0.809 bits per heavy atom. The van der Waals surface area contributed by atoms with Crippen LogP contribution in [0, 0.1) is 0 Å². The molecule has 0 spiro atoms. The number of piperazine rings is 1. The van der Waals surface area contributed by atoms with E-state index in [1.165, 1.54) is 23.9 Å². The lowest BCUT2D eigenvalue weighted by Crippen LogP contribution is -2.48. The standard InChI is InChI=1S/C37H40F3N3O2S2/c1-36(26-44-2,30-12-7-10-27-9-3-4-11-29(27)30)35(46)45-24-23-42-21-19-41(20-22-42)17-8-18-43-31-13-5-6-14-33(31)47-34-16-15-28(25-32(34)43)37(38,39)40/h3-7,9-16,25H,8,17-24,26H2,1-2H3. The number of nitrogens with zero attached hydrogens (tertiary/aromatic N) is 3. The molecule has 1 unspecified atom stereocenters. The van der Waals surface area contributed by atoms with Crippen LogP contribution in [0.3, 0.4) is 0 Å². The molecule has 0 amide bonds. The smallest absolute Gasteiger partial charge is 0.416 e. The Hall–Kier alpha value is -3.15. The third-order valence-corrected chi connectivity index (χ3v) is 10.9. The molecule has 47 heavy (non-hydrogen) atoms. The van der Waals surface area contributed by atoms with Crippen LogP contribution in [0.15, 0.2) is 94.7 Å². The maximum Gasteiger partial charge on any atom is 0.416 e.